The Morgan fingerprint density at radius 1 is 1.14 bits per heavy atom. The second-order valence-corrected chi connectivity index (χ2v) is 7.52. The van der Waals surface area contributed by atoms with Crippen LogP contribution in [0.4, 0.5) is 0 Å². The number of methoxy groups -OCH3 is 1. The lowest BCUT2D eigenvalue weighted by Gasteiger charge is -2.20. The Morgan fingerprint density at radius 3 is 2.39 bits per heavy atom. The molecule has 0 bridgehead atoms. The second kappa shape index (κ2) is 10.4. The summed E-state index contributed by atoms with van der Waals surface area (Å²) in [5.74, 6) is 2.13. The molecule has 1 aliphatic heterocycles. The maximum Gasteiger partial charge on any atom is 0.133 e. The van der Waals surface area contributed by atoms with E-state index in [-0.39, 0.29) is 17.8 Å². The first-order valence-electron chi connectivity index (χ1n) is 9.95. The molecule has 0 radical (unpaired) electrons. The van der Waals surface area contributed by atoms with Gasteiger partial charge in [-0.15, -0.1) is 0 Å². The third kappa shape index (κ3) is 5.41. The van der Waals surface area contributed by atoms with Gasteiger partial charge in [0.05, 0.1) is 24.8 Å². The van der Waals surface area contributed by atoms with Crippen LogP contribution in [0.25, 0.3) is 0 Å². The van der Waals surface area contributed by atoms with Crippen molar-refractivity contribution >= 4 is 17.4 Å². The van der Waals surface area contributed by atoms with Crippen LogP contribution < -0.4 is 10.1 Å². The Kier molecular flexibility index (Phi) is 8.18. The van der Waals surface area contributed by atoms with Gasteiger partial charge < -0.3 is 15.2 Å². The molecule has 0 aromatic heterocycles. The van der Waals surface area contributed by atoms with Crippen molar-refractivity contribution in [3.8, 4) is 11.5 Å². The number of hydrogen-bond acceptors (Lipinski definition) is 4. The number of phenolic OH excluding ortho intramolecular Hbond substituents is 1. The molecule has 0 aliphatic carbocycles. The molecular weight excluding hydrogens is 372 g/mol. The minimum Gasteiger partial charge on any atom is -0.507 e. The van der Waals surface area contributed by atoms with Crippen LogP contribution in [-0.4, -0.2) is 24.1 Å². The fourth-order valence-electron chi connectivity index (χ4n) is 3.22. The molecule has 3 rings (SSSR count). The molecule has 0 spiro atoms. The summed E-state index contributed by atoms with van der Waals surface area (Å²) in [5, 5.41) is 14.6. The maximum absolute atomic E-state index is 10.4. The van der Waals surface area contributed by atoms with Crippen LogP contribution in [0.2, 0.25) is 5.02 Å². The Morgan fingerprint density at radius 2 is 1.82 bits per heavy atom. The maximum atomic E-state index is 10.4. The molecule has 0 fully saturated rings. The minimum atomic E-state index is 0.00233. The van der Waals surface area contributed by atoms with Gasteiger partial charge in [0.25, 0.3) is 0 Å². The van der Waals surface area contributed by atoms with Crippen molar-refractivity contribution in [3.63, 3.8) is 0 Å². The molecule has 2 N–H and O–H groups in total. The zero-order chi connectivity index (χ0) is 20.7. The normalized spacial score (nSPS) is 18.2. The zero-order valence-electron chi connectivity index (χ0n) is 17.4. The fourth-order valence-corrected chi connectivity index (χ4v) is 3.34. The summed E-state index contributed by atoms with van der Waals surface area (Å²) in [6.45, 7) is 8.45. The number of nitrogens with zero attached hydrogens (tertiary/aromatic N) is 1. The molecule has 152 valence electrons. The molecule has 0 amide bonds. The summed E-state index contributed by atoms with van der Waals surface area (Å²) < 4.78 is 5.17. The Balaban J connectivity index is 0.00000136. The van der Waals surface area contributed by atoms with E-state index in [1.54, 1.807) is 13.2 Å². The van der Waals surface area contributed by atoms with Crippen LogP contribution in [0.3, 0.4) is 0 Å². The van der Waals surface area contributed by atoms with Gasteiger partial charge in [-0.3, -0.25) is 4.99 Å². The number of ether oxygens (including phenoxy) is 1. The standard InChI is InChI=1S/C21H25ClN2O2.C2H6/c1-13(2)4-11-18-20(14-5-7-15(22)8-6-14)24-21(23-18)17-10-9-16(26-3)12-19(17)25;1-2/h5-10,12-13,18,20,25H,4,11H2,1-3H3,(H,23,24);1-2H3. The van der Waals surface area contributed by atoms with E-state index < -0.39 is 0 Å². The lowest BCUT2D eigenvalue weighted by Crippen LogP contribution is -2.32. The molecule has 1 heterocycles. The molecule has 0 saturated heterocycles. The van der Waals surface area contributed by atoms with Gasteiger partial charge in [-0.05, 0) is 48.6 Å². The third-order valence-electron chi connectivity index (χ3n) is 4.70. The van der Waals surface area contributed by atoms with E-state index in [0.717, 1.165) is 29.3 Å². The summed E-state index contributed by atoms with van der Waals surface area (Å²) in [6, 6.07) is 13.3. The number of nitrogens with one attached hydrogen (secondary N) is 1. The molecule has 4 nitrogen and oxygen atoms in total. The number of phenols is 1. The highest BCUT2D eigenvalue weighted by Gasteiger charge is 2.31. The van der Waals surface area contributed by atoms with E-state index >= 15 is 0 Å². The van der Waals surface area contributed by atoms with Crippen LogP contribution in [-0.2, 0) is 0 Å². The van der Waals surface area contributed by atoms with Gasteiger partial charge in [0.1, 0.15) is 17.3 Å². The van der Waals surface area contributed by atoms with Gasteiger partial charge >= 0.3 is 0 Å². The highest BCUT2D eigenvalue weighted by molar-refractivity contribution is 6.30. The summed E-state index contributed by atoms with van der Waals surface area (Å²) in [4.78, 5) is 4.90. The molecule has 2 unspecified atom stereocenters. The molecule has 2 aromatic carbocycles. The van der Waals surface area contributed by atoms with E-state index in [2.05, 4.69) is 19.2 Å². The fraction of sp³-hybridized carbons (Fsp3) is 0.435. The van der Waals surface area contributed by atoms with Crippen LogP contribution in [0, 0.1) is 5.92 Å². The molecule has 5 heteroatoms. The number of aliphatic imine (C=N–C) groups is 1. The van der Waals surface area contributed by atoms with Crippen molar-refractivity contribution in [2.45, 2.75) is 52.6 Å². The zero-order valence-corrected chi connectivity index (χ0v) is 18.1. The topological polar surface area (TPSA) is 53.8 Å². The van der Waals surface area contributed by atoms with Crippen LogP contribution in [0.5, 0.6) is 11.5 Å². The van der Waals surface area contributed by atoms with Crippen LogP contribution in [0.1, 0.15) is 57.7 Å². The number of amidine groups is 1. The first-order valence-corrected chi connectivity index (χ1v) is 10.3. The second-order valence-electron chi connectivity index (χ2n) is 7.08. The molecule has 2 atom stereocenters. The molecule has 28 heavy (non-hydrogen) atoms. The predicted octanol–water partition coefficient (Wildman–Crippen LogP) is 5.98. The summed E-state index contributed by atoms with van der Waals surface area (Å²) >= 11 is 6.04. The monoisotopic (exact) mass is 402 g/mol. The molecular formula is C23H31ClN2O2. The van der Waals surface area contributed by atoms with Gasteiger partial charge in [-0.2, -0.15) is 0 Å². The smallest absolute Gasteiger partial charge is 0.133 e. The first-order chi connectivity index (χ1) is 13.5. The van der Waals surface area contributed by atoms with Crippen molar-refractivity contribution in [2.24, 2.45) is 10.9 Å². The summed E-state index contributed by atoms with van der Waals surface area (Å²) in [5.41, 5.74) is 1.82. The molecule has 1 aliphatic rings. The quantitative estimate of drug-likeness (QED) is 0.625. The number of halogens is 1. The van der Waals surface area contributed by atoms with E-state index in [4.69, 9.17) is 21.3 Å². The molecule has 0 saturated carbocycles. The number of aromatic hydroxyl groups is 1. The van der Waals surface area contributed by atoms with Crippen molar-refractivity contribution in [1.82, 2.24) is 5.32 Å². The average molecular weight is 403 g/mol. The van der Waals surface area contributed by atoms with Crippen LogP contribution in [0.15, 0.2) is 47.5 Å². The first kappa shape index (κ1) is 22.1. The van der Waals surface area contributed by atoms with E-state index in [9.17, 15) is 5.11 Å². The number of hydrogen-bond donors (Lipinski definition) is 2. The van der Waals surface area contributed by atoms with E-state index in [0.29, 0.717) is 17.2 Å². The highest BCUT2D eigenvalue weighted by atomic mass is 35.5. The van der Waals surface area contributed by atoms with Gasteiger partial charge in [0.2, 0.25) is 0 Å². The summed E-state index contributed by atoms with van der Waals surface area (Å²) in [6.07, 6.45) is 2.12. The average Bonchev–Trinajstić information content (AvgIpc) is 3.12. The van der Waals surface area contributed by atoms with Gasteiger partial charge in [0, 0.05) is 11.1 Å². The van der Waals surface area contributed by atoms with Gasteiger partial charge in [-0.25, -0.2) is 0 Å². The number of rotatable bonds is 6. The lowest BCUT2D eigenvalue weighted by atomic mass is 9.94. The Hall–Kier alpha value is -2.20. The van der Waals surface area contributed by atoms with Gasteiger partial charge in [0.15, 0.2) is 0 Å². The summed E-state index contributed by atoms with van der Waals surface area (Å²) in [7, 11) is 1.58. The van der Waals surface area contributed by atoms with Crippen molar-refractivity contribution in [2.75, 3.05) is 7.11 Å². The van der Waals surface area contributed by atoms with Crippen molar-refractivity contribution in [1.29, 1.82) is 0 Å². The Bertz CT molecular complexity index is 788. The molecule has 2 aromatic rings. The largest absolute Gasteiger partial charge is 0.507 e. The van der Waals surface area contributed by atoms with E-state index in [1.165, 1.54) is 0 Å². The Labute approximate surface area is 173 Å². The van der Waals surface area contributed by atoms with Crippen molar-refractivity contribution in [3.05, 3.63) is 58.6 Å². The van der Waals surface area contributed by atoms with Crippen molar-refractivity contribution < 1.29 is 9.84 Å². The van der Waals surface area contributed by atoms with Gasteiger partial charge in [-0.1, -0.05) is 51.4 Å². The predicted molar refractivity (Wildman–Crippen MR) is 118 cm³/mol. The lowest BCUT2D eigenvalue weighted by molar-refractivity contribution is 0.407. The highest BCUT2D eigenvalue weighted by Crippen LogP contribution is 2.33. The van der Waals surface area contributed by atoms with Crippen LogP contribution >= 0.6 is 11.6 Å². The van der Waals surface area contributed by atoms with E-state index in [1.807, 2.05) is 50.2 Å². The SMILES string of the molecule is CC.COc1ccc(C2=NC(c3ccc(Cl)cc3)C(CCC(C)C)N2)c(O)c1. The minimum absolute atomic E-state index is 0.00233. The third-order valence-corrected chi connectivity index (χ3v) is 4.95. The number of benzene rings is 2.